The van der Waals surface area contributed by atoms with Crippen LogP contribution in [0.4, 0.5) is 11.4 Å². The van der Waals surface area contributed by atoms with E-state index in [-0.39, 0.29) is 11.7 Å². The first kappa shape index (κ1) is 18.5. The molecule has 0 saturated carbocycles. The zero-order chi connectivity index (χ0) is 19.6. The highest BCUT2D eigenvalue weighted by Gasteiger charge is 2.15. The third kappa shape index (κ3) is 4.46. The monoisotopic (exact) mass is 366 g/mol. The molecule has 3 rings (SSSR count). The molecule has 2 heterocycles. The summed E-state index contributed by atoms with van der Waals surface area (Å²) in [6.07, 6.45) is 0.463. The number of fused-ring (bicyclic) bond motifs is 1. The summed E-state index contributed by atoms with van der Waals surface area (Å²) in [4.78, 5) is 32.7. The molecule has 0 aliphatic rings. The van der Waals surface area contributed by atoms with Gasteiger partial charge >= 0.3 is 0 Å². The van der Waals surface area contributed by atoms with E-state index in [9.17, 15) is 9.59 Å². The van der Waals surface area contributed by atoms with Gasteiger partial charge in [0.2, 0.25) is 11.7 Å². The van der Waals surface area contributed by atoms with Crippen molar-refractivity contribution >= 4 is 29.0 Å². The molecule has 0 saturated heterocycles. The van der Waals surface area contributed by atoms with Crippen molar-refractivity contribution in [1.82, 2.24) is 19.6 Å². The standard InChI is InChI=1S/C19H22N6O2/c1-11(2)9-16(26)21-14-5-7-15(8-6-14)22-18(27)17-23-19-20-12(3)10-13(4)25(19)24-17/h5-8,10-11H,9H2,1-4H3,(H,21,26)(H,22,27). The molecular formula is C19H22N6O2. The molecule has 2 amide bonds. The Morgan fingerprint density at radius 3 is 2.30 bits per heavy atom. The quantitative estimate of drug-likeness (QED) is 0.723. The number of hydrogen-bond acceptors (Lipinski definition) is 5. The van der Waals surface area contributed by atoms with E-state index in [1.807, 2.05) is 33.8 Å². The van der Waals surface area contributed by atoms with Crippen molar-refractivity contribution < 1.29 is 9.59 Å². The fourth-order valence-electron chi connectivity index (χ4n) is 2.67. The van der Waals surface area contributed by atoms with Crippen LogP contribution in [0, 0.1) is 19.8 Å². The molecule has 2 N–H and O–H groups in total. The zero-order valence-electron chi connectivity index (χ0n) is 15.8. The summed E-state index contributed by atoms with van der Waals surface area (Å²) in [5.41, 5.74) is 2.93. The minimum absolute atomic E-state index is 0.0335. The summed E-state index contributed by atoms with van der Waals surface area (Å²) in [6, 6.07) is 8.77. The lowest BCUT2D eigenvalue weighted by Gasteiger charge is -2.08. The largest absolute Gasteiger partial charge is 0.326 e. The average Bonchev–Trinajstić information content (AvgIpc) is 3.00. The molecule has 1 aromatic carbocycles. The number of benzene rings is 1. The number of rotatable bonds is 5. The van der Waals surface area contributed by atoms with E-state index in [2.05, 4.69) is 25.7 Å². The Morgan fingerprint density at radius 1 is 1.04 bits per heavy atom. The van der Waals surface area contributed by atoms with Crippen LogP contribution >= 0.6 is 0 Å². The van der Waals surface area contributed by atoms with Crippen molar-refractivity contribution in [3.8, 4) is 0 Å². The lowest BCUT2D eigenvalue weighted by molar-refractivity contribution is -0.116. The van der Waals surface area contributed by atoms with Crippen molar-refractivity contribution in [3.63, 3.8) is 0 Å². The third-order valence-corrected chi connectivity index (χ3v) is 3.84. The van der Waals surface area contributed by atoms with Gasteiger partial charge in [-0.15, -0.1) is 5.10 Å². The molecule has 0 unspecified atom stereocenters. The number of carbonyl (C=O) groups excluding carboxylic acids is 2. The fourth-order valence-corrected chi connectivity index (χ4v) is 2.67. The molecule has 3 aromatic rings. The van der Waals surface area contributed by atoms with Crippen molar-refractivity contribution in [2.24, 2.45) is 5.92 Å². The van der Waals surface area contributed by atoms with Gasteiger partial charge in [0.15, 0.2) is 0 Å². The molecule has 140 valence electrons. The van der Waals surface area contributed by atoms with Gasteiger partial charge in [0, 0.05) is 29.2 Å². The van der Waals surface area contributed by atoms with Crippen LogP contribution < -0.4 is 10.6 Å². The van der Waals surface area contributed by atoms with E-state index in [0.717, 1.165) is 11.4 Å². The second kappa shape index (κ2) is 7.53. The number of amides is 2. The van der Waals surface area contributed by atoms with Crippen molar-refractivity contribution in [3.05, 3.63) is 47.5 Å². The van der Waals surface area contributed by atoms with Crippen molar-refractivity contribution in [1.29, 1.82) is 0 Å². The highest BCUT2D eigenvalue weighted by molar-refractivity contribution is 6.02. The molecule has 0 spiro atoms. The van der Waals surface area contributed by atoms with Crippen molar-refractivity contribution in [2.45, 2.75) is 34.1 Å². The lowest BCUT2D eigenvalue weighted by atomic mass is 10.1. The number of anilines is 2. The molecule has 27 heavy (non-hydrogen) atoms. The fraction of sp³-hybridized carbons (Fsp3) is 0.316. The van der Waals surface area contributed by atoms with Gasteiger partial charge in [-0.1, -0.05) is 13.8 Å². The van der Waals surface area contributed by atoms with Crippen LogP contribution in [-0.2, 0) is 4.79 Å². The van der Waals surface area contributed by atoms with Gasteiger partial charge in [0.25, 0.3) is 11.7 Å². The van der Waals surface area contributed by atoms with Gasteiger partial charge in [-0.3, -0.25) is 9.59 Å². The molecule has 0 aliphatic heterocycles. The third-order valence-electron chi connectivity index (χ3n) is 3.84. The zero-order valence-corrected chi connectivity index (χ0v) is 15.8. The van der Waals surface area contributed by atoms with Crippen LogP contribution in [0.5, 0.6) is 0 Å². The molecule has 8 nitrogen and oxygen atoms in total. The Bertz CT molecular complexity index is 991. The molecule has 0 aliphatic carbocycles. The van der Waals surface area contributed by atoms with E-state index < -0.39 is 5.91 Å². The molecule has 0 radical (unpaired) electrons. The van der Waals surface area contributed by atoms with E-state index in [4.69, 9.17) is 0 Å². The van der Waals surface area contributed by atoms with E-state index in [0.29, 0.717) is 29.5 Å². The lowest BCUT2D eigenvalue weighted by Crippen LogP contribution is -2.15. The van der Waals surface area contributed by atoms with Gasteiger partial charge in [-0.25, -0.2) is 9.50 Å². The molecule has 0 atom stereocenters. The number of nitrogens with zero attached hydrogens (tertiary/aromatic N) is 4. The Hall–Kier alpha value is -3.29. The maximum absolute atomic E-state index is 12.4. The van der Waals surface area contributed by atoms with Crippen LogP contribution in [0.1, 0.15) is 42.3 Å². The SMILES string of the molecule is Cc1cc(C)n2nc(C(=O)Nc3ccc(NC(=O)CC(C)C)cc3)nc2n1. The molecule has 0 fully saturated rings. The second-order valence-corrected chi connectivity index (χ2v) is 6.86. The second-order valence-electron chi connectivity index (χ2n) is 6.86. The summed E-state index contributed by atoms with van der Waals surface area (Å²) in [7, 11) is 0. The number of aryl methyl sites for hydroxylation is 2. The average molecular weight is 366 g/mol. The Kier molecular flexibility index (Phi) is 5.16. The summed E-state index contributed by atoms with van der Waals surface area (Å²) in [6.45, 7) is 7.72. The number of aromatic nitrogens is 4. The first-order valence-electron chi connectivity index (χ1n) is 8.74. The Labute approximate surface area is 157 Å². The van der Waals surface area contributed by atoms with Gasteiger partial charge < -0.3 is 10.6 Å². The van der Waals surface area contributed by atoms with Crippen LogP contribution in [0.2, 0.25) is 0 Å². The minimum atomic E-state index is -0.422. The van der Waals surface area contributed by atoms with Crippen LogP contribution in [0.25, 0.3) is 5.78 Å². The minimum Gasteiger partial charge on any atom is -0.326 e. The molecule has 0 bridgehead atoms. The maximum atomic E-state index is 12.4. The first-order valence-corrected chi connectivity index (χ1v) is 8.74. The smallest absolute Gasteiger partial charge is 0.295 e. The summed E-state index contributed by atoms with van der Waals surface area (Å²) >= 11 is 0. The highest BCUT2D eigenvalue weighted by Crippen LogP contribution is 2.15. The number of carbonyl (C=O) groups is 2. The normalized spacial score (nSPS) is 11.0. The Morgan fingerprint density at radius 2 is 1.67 bits per heavy atom. The highest BCUT2D eigenvalue weighted by atomic mass is 16.2. The Balaban J connectivity index is 1.69. The maximum Gasteiger partial charge on any atom is 0.295 e. The van der Waals surface area contributed by atoms with E-state index in [1.54, 1.807) is 24.3 Å². The number of nitrogens with one attached hydrogen (secondary N) is 2. The van der Waals surface area contributed by atoms with Gasteiger partial charge in [-0.2, -0.15) is 4.98 Å². The first-order chi connectivity index (χ1) is 12.8. The molecular weight excluding hydrogens is 344 g/mol. The van der Waals surface area contributed by atoms with Gasteiger partial charge in [-0.05, 0) is 50.1 Å². The predicted octanol–water partition coefficient (Wildman–Crippen LogP) is 2.98. The van der Waals surface area contributed by atoms with Crippen molar-refractivity contribution in [2.75, 3.05) is 10.6 Å². The number of hydrogen-bond donors (Lipinski definition) is 2. The summed E-state index contributed by atoms with van der Waals surface area (Å²) < 4.78 is 1.54. The predicted molar refractivity (Wildman–Crippen MR) is 103 cm³/mol. The van der Waals surface area contributed by atoms with Gasteiger partial charge in [0.05, 0.1) is 0 Å². The van der Waals surface area contributed by atoms with Crippen LogP contribution in [0.15, 0.2) is 30.3 Å². The van der Waals surface area contributed by atoms with Crippen LogP contribution in [-0.4, -0.2) is 31.4 Å². The summed E-state index contributed by atoms with van der Waals surface area (Å²) in [5, 5.41) is 9.78. The molecule has 2 aromatic heterocycles. The van der Waals surface area contributed by atoms with E-state index >= 15 is 0 Å². The van der Waals surface area contributed by atoms with Gasteiger partial charge in [0.1, 0.15) is 0 Å². The van der Waals surface area contributed by atoms with Crippen LogP contribution in [0.3, 0.4) is 0 Å². The molecule has 8 heteroatoms. The topological polar surface area (TPSA) is 101 Å². The summed E-state index contributed by atoms with van der Waals surface area (Å²) in [5.74, 6) is 0.276. The van der Waals surface area contributed by atoms with E-state index in [1.165, 1.54) is 4.52 Å².